The van der Waals surface area contributed by atoms with Crippen molar-refractivity contribution < 1.29 is 0 Å². The Morgan fingerprint density at radius 2 is 1.94 bits per heavy atom. The van der Waals surface area contributed by atoms with Gasteiger partial charge in [0.1, 0.15) is 11.0 Å². The second-order valence-corrected chi connectivity index (χ2v) is 4.48. The number of nitrogens with zero attached hydrogens (tertiary/aromatic N) is 5. The highest BCUT2D eigenvalue weighted by Crippen LogP contribution is 2.20. The number of pyridine rings is 1. The Kier molecular flexibility index (Phi) is 2.48. The van der Waals surface area contributed by atoms with Gasteiger partial charge in [0.2, 0.25) is 0 Å². The van der Waals surface area contributed by atoms with Crippen molar-refractivity contribution in [1.82, 2.24) is 24.6 Å². The average Bonchev–Trinajstić information content (AvgIpc) is 2.72. The third-order valence-electron chi connectivity index (χ3n) is 2.66. The van der Waals surface area contributed by atoms with Crippen LogP contribution >= 0.6 is 11.6 Å². The smallest absolute Gasteiger partial charge is 0.171 e. The summed E-state index contributed by atoms with van der Waals surface area (Å²) in [5.74, 6) is 1.47. The highest BCUT2D eigenvalue weighted by Gasteiger charge is 2.12. The van der Waals surface area contributed by atoms with Crippen LogP contribution in [-0.2, 0) is 0 Å². The first-order chi connectivity index (χ1) is 8.65. The standard InChI is InChI=1S/C12H10ClN5/c1-7-3-9(6-14-5-7)12-17-16-11-4-10(13)15-8(2)18(11)12/h3-6H,1-2H3. The molecule has 0 unspecified atom stereocenters. The Balaban J connectivity index is 2.31. The summed E-state index contributed by atoms with van der Waals surface area (Å²) >= 11 is 5.90. The van der Waals surface area contributed by atoms with Gasteiger partial charge in [-0.1, -0.05) is 11.6 Å². The van der Waals surface area contributed by atoms with Gasteiger partial charge >= 0.3 is 0 Å². The summed E-state index contributed by atoms with van der Waals surface area (Å²) < 4.78 is 1.86. The summed E-state index contributed by atoms with van der Waals surface area (Å²) in [4.78, 5) is 8.38. The van der Waals surface area contributed by atoms with Crippen LogP contribution in [0.3, 0.4) is 0 Å². The van der Waals surface area contributed by atoms with E-state index in [1.165, 1.54) is 0 Å². The van der Waals surface area contributed by atoms with Crippen LogP contribution in [-0.4, -0.2) is 24.6 Å². The zero-order chi connectivity index (χ0) is 12.7. The summed E-state index contributed by atoms with van der Waals surface area (Å²) in [6.07, 6.45) is 3.56. The largest absolute Gasteiger partial charge is 0.264 e. The highest BCUT2D eigenvalue weighted by molar-refractivity contribution is 6.29. The Morgan fingerprint density at radius 1 is 1.11 bits per heavy atom. The molecule has 0 fully saturated rings. The zero-order valence-electron chi connectivity index (χ0n) is 9.92. The molecule has 0 spiro atoms. The van der Waals surface area contributed by atoms with E-state index in [9.17, 15) is 0 Å². The lowest BCUT2D eigenvalue weighted by Crippen LogP contribution is -1.98. The van der Waals surface area contributed by atoms with Crippen molar-refractivity contribution in [2.45, 2.75) is 13.8 Å². The van der Waals surface area contributed by atoms with Crippen LogP contribution in [0.4, 0.5) is 0 Å². The van der Waals surface area contributed by atoms with Gasteiger partial charge in [-0.25, -0.2) is 4.98 Å². The first-order valence-electron chi connectivity index (χ1n) is 5.45. The maximum absolute atomic E-state index is 5.90. The van der Waals surface area contributed by atoms with Crippen LogP contribution in [0.15, 0.2) is 24.5 Å². The molecule has 0 bridgehead atoms. The van der Waals surface area contributed by atoms with Crippen LogP contribution in [0.25, 0.3) is 17.0 Å². The molecule has 0 saturated heterocycles. The van der Waals surface area contributed by atoms with Crippen LogP contribution in [0.1, 0.15) is 11.4 Å². The van der Waals surface area contributed by atoms with Gasteiger partial charge < -0.3 is 0 Å². The summed E-state index contributed by atoms with van der Waals surface area (Å²) in [6, 6.07) is 3.70. The molecule has 0 aliphatic carbocycles. The van der Waals surface area contributed by atoms with E-state index in [1.807, 2.05) is 24.3 Å². The van der Waals surface area contributed by atoms with Crippen molar-refractivity contribution in [1.29, 1.82) is 0 Å². The maximum atomic E-state index is 5.90. The fraction of sp³-hybridized carbons (Fsp3) is 0.167. The predicted molar refractivity (Wildman–Crippen MR) is 68.5 cm³/mol. The quantitative estimate of drug-likeness (QED) is 0.630. The van der Waals surface area contributed by atoms with Crippen molar-refractivity contribution in [3.8, 4) is 11.4 Å². The van der Waals surface area contributed by atoms with Gasteiger partial charge in [0, 0.05) is 24.0 Å². The first-order valence-corrected chi connectivity index (χ1v) is 5.83. The number of hydrogen-bond acceptors (Lipinski definition) is 4. The number of aryl methyl sites for hydroxylation is 2. The van der Waals surface area contributed by atoms with E-state index < -0.39 is 0 Å². The van der Waals surface area contributed by atoms with E-state index in [0.717, 1.165) is 22.8 Å². The van der Waals surface area contributed by atoms with Gasteiger partial charge in [0.25, 0.3) is 0 Å². The molecule has 0 atom stereocenters. The van der Waals surface area contributed by atoms with Crippen molar-refractivity contribution in [2.24, 2.45) is 0 Å². The van der Waals surface area contributed by atoms with Crippen molar-refractivity contribution >= 4 is 17.2 Å². The minimum Gasteiger partial charge on any atom is -0.264 e. The fourth-order valence-electron chi connectivity index (χ4n) is 1.92. The minimum absolute atomic E-state index is 0.418. The molecule has 0 N–H and O–H groups in total. The molecule has 0 radical (unpaired) electrons. The highest BCUT2D eigenvalue weighted by atomic mass is 35.5. The first kappa shape index (κ1) is 11.1. The van der Waals surface area contributed by atoms with E-state index in [1.54, 1.807) is 18.5 Å². The van der Waals surface area contributed by atoms with Gasteiger partial charge in [-0.3, -0.25) is 9.38 Å². The van der Waals surface area contributed by atoms with Gasteiger partial charge in [0.05, 0.1) is 0 Å². The fourth-order valence-corrected chi connectivity index (χ4v) is 2.14. The number of fused-ring (bicyclic) bond motifs is 1. The topological polar surface area (TPSA) is 56.0 Å². The lowest BCUT2D eigenvalue weighted by Gasteiger charge is -2.03. The van der Waals surface area contributed by atoms with Crippen LogP contribution in [0, 0.1) is 13.8 Å². The number of hydrogen-bond donors (Lipinski definition) is 0. The molecule has 6 heteroatoms. The number of halogens is 1. The van der Waals surface area contributed by atoms with E-state index in [-0.39, 0.29) is 0 Å². The van der Waals surface area contributed by atoms with E-state index in [4.69, 9.17) is 11.6 Å². The third kappa shape index (κ3) is 1.73. The lowest BCUT2D eigenvalue weighted by molar-refractivity contribution is 0.986. The molecule has 90 valence electrons. The maximum Gasteiger partial charge on any atom is 0.171 e. The van der Waals surface area contributed by atoms with E-state index in [0.29, 0.717) is 10.8 Å². The molecule has 18 heavy (non-hydrogen) atoms. The SMILES string of the molecule is Cc1cncc(-c2nnc3cc(Cl)nc(C)n23)c1. The van der Waals surface area contributed by atoms with Crippen LogP contribution in [0.2, 0.25) is 5.15 Å². The Bertz CT molecular complexity index is 734. The van der Waals surface area contributed by atoms with Crippen LogP contribution in [0.5, 0.6) is 0 Å². The molecule has 0 aliphatic heterocycles. The van der Waals surface area contributed by atoms with Gasteiger partial charge in [-0.2, -0.15) is 0 Å². The molecular formula is C12H10ClN5. The minimum atomic E-state index is 0.418. The van der Waals surface area contributed by atoms with Crippen molar-refractivity contribution in [3.05, 3.63) is 41.1 Å². The summed E-state index contributed by atoms with van der Waals surface area (Å²) in [5, 5.41) is 8.71. The second kappa shape index (κ2) is 4.03. The average molecular weight is 260 g/mol. The third-order valence-corrected chi connectivity index (χ3v) is 2.86. The zero-order valence-corrected chi connectivity index (χ0v) is 10.7. The van der Waals surface area contributed by atoms with E-state index >= 15 is 0 Å². The molecule has 5 nitrogen and oxygen atoms in total. The molecule has 0 saturated carbocycles. The molecule has 0 amide bonds. The molecule has 3 rings (SSSR count). The number of rotatable bonds is 1. The molecule has 3 aromatic heterocycles. The molecule has 3 aromatic rings. The molecule has 0 aromatic carbocycles. The van der Waals surface area contributed by atoms with Gasteiger partial charge in [-0.15, -0.1) is 10.2 Å². The number of aromatic nitrogens is 5. The molecular weight excluding hydrogens is 250 g/mol. The lowest BCUT2D eigenvalue weighted by atomic mass is 10.2. The monoisotopic (exact) mass is 259 g/mol. The van der Waals surface area contributed by atoms with Crippen molar-refractivity contribution in [2.75, 3.05) is 0 Å². The van der Waals surface area contributed by atoms with E-state index in [2.05, 4.69) is 20.2 Å². The predicted octanol–water partition coefficient (Wildman–Crippen LogP) is 2.46. The Hall–Kier alpha value is -2.01. The Labute approximate surface area is 108 Å². The van der Waals surface area contributed by atoms with Gasteiger partial charge in [0.15, 0.2) is 11.5 Å². The molecule has 0 aliphatic rings. The summed E-state index contributed by atoms with van der Waals surface area (Å²) in [7, 11) is 0. The summed E-state index contributed by atoms with van der Waals surface area (Å²) in [5.41, 5.74) is 2.67. The van der Waals surface area contributed by atoms with Crippen molar-refractivity contribution in [3.63, 3.8) is 0 Å². The summed E-state index contributed by atoms with van der Waals surface area (Å²) in [6.45, 7) is 3.86. The molecule has 3 heterocycles. The van der Waals surface area contributed by atoms with Gasteiger partial charge in [-0.05, 0) is 25.5 Å². The Morgan fingerprint density at radius 3 is 2.72 bits per heavy atom. The normalized spacial score (nSPS) is 11.1. The second-order valence-electron chi connectivity index (χ2n) is 4.09. The van der Waals surface area contributed by atoms with Crippen LogP contribution < -0.4 is 0 Å².